The molecule has 0 saturated carbocycles. The van der Waals surface area contributed by atoms with Crippen LogP contribution in [0.25, 0.3) is 0 Å². The quantitative estimate of drug-likeness (QED) is 0.0513. The highest BCUT2D eigenvalue weighted by Crippen LogP contribution is 2.39. The van der Waals surface area contributed by atoms with Gasteiger partial charge in [0.2, 0.25) is 6.79 Å². The van der Waals surface area contributed by atoms with E-state index in [-0.39, 0.29) is 50.7 Å². The topological polar surface area (TPSA) is 223 Å². The van der Waals surface area contributed by atoms with Crippen molar-refractivity contribution in [3.63, 3.8) is 0 Å². The summed E-state index contributed by atoms with van der Waals surface area (Å²) in [5.41, 5.74) is -2.80. The first-order valence-corrected chi connectivity index (χ1v) is 24.5. The SMILES string of the molecule is CC[C@H]1OC(=O)[C@H](C)[C@@H](O[C@@H](CCOC)O[C@@H](C)[C@@H](C)O)[C@H](C)[C@@H](O[C@@H]2O[C@H](C)C[C@H](N(C)C)[C@H]2O)[C@](C)(O)C[C@@H](C)CN(CCCNC(=S)Nc2ccc3c(c2)OCO3)[C@H](C)[C@@H](O)[C@]1(C)O. The molecule has 0 aliphatic carbocycles. The van der Waals surface area contributed by atoms with Gasteiger partial charge < -0.3 is 79.0 Å². The highest BCUT2D eigenvalue weighted by Gasteiger charge is 2.51. The molecule has 18 nitrogen and oxygen atoms in total. The summed E-state index contributed by atoms with van der Waals surface area (Å²) in [7, 11) is 5.31. The molecule has 0 spiro atoms. The van der Waals surface area contributed by atoms with Gasteiger partial charge in [0.05, 0.1) is 48.6 Å². The Bertz CT molecular complexity index is 1690. The first-order chi connectivity index (χ1) is 31.4. The minimum Gasteiger partial charge on any atom is -0.459 e. The summed E-state index contributed by atoms with van der Waals surface area (Å²) >= 11 is 5.60. The maximum atomic E-state index is 14.5. The molecule has 3 heterocycles. The smallest absolute Gasteiger partial charge is 0.311 e. The number of aliphatic hydroxyl groups is 5. The Morgan fingerprint density at radius 1 is 1.07 bits per heavy atom. The van der Waals surface area contributed by atoms with Gasteiger partial charge in [-0.05, 0) is 119 Å². The van der Waals surface area contributed by atoms with Gasteiger partial charge >= 0.3 is 5.97 Å². The van der Waals surface area contributed by atoms with Crippen LogP contribution in [-0.4, -0.2) is 185 Å². The normalized spacial score (nSPS) is 36.1. The number of nitrogens with zero attached hydrogens (tertiary/aromatic N) is 2. The predicted molar refractivity (Wildman–Crippen MR) is 257 cm³/mol. The van der Waals surface area contributed by atoms with Gasteiger partial charge in [0, 0.05) is 62.9 Å². The molecular weight excluding hydrogens is 889 g/mol. The molecule has 2 saturated heterocycles. The number of hydrogen-bond donors (Lipinski definition) is 7. The number of methoxy groups -OCH3 is 1. The second kappa shape index (κ2) is 25.6. The Hall–Kier alpha value is -2.50. The lowest BCUT2D eigenvalue weighted by Crippen LogP contribution is -2.59. The summed E-state index contributed by atoms with van der Waals surface area (Å²) < 4.78 is 48.6. The van der Waals surface area contributed by atoms with Crippen molar-refractivity contribution in [1.82, 2.24) is 15.1 Å². The van der Waals surface area contributed by atoms with Crippen molar-refractivity contribution in [2.75, 3.05) is 59.6 Å². The molecule has 3 aliphatic heterocycles. The Kier molecular flexibility index (Phi) is 21.8. The maximum absolute atomic E-state index is 14.5. The number of ether oxygens (including phenoxy) is 8. The Labute approximate surface area is 404 Å². The first-order valence-electron chi connectivity index (χ1n) is 24.1. The number of anilines is 1. The van der Waals surface area contributed by atoms with Crippen molar-refractivity contribution in [1.29, 1.82) is 0 Å². The maximum Gasteiger partial charge on any atom is 0.311 e. The van der Waals surface area contributed by atoms with E-state index in [1.807, 2.05) is 64.9 Å². The summed E-state index contributed by atoms with van der Waals surface area (Å²) in [4.78, 5) is 18.5. The highest BCUT2D eigenvalue weighted by atomic mass is 32.1. The molecule has 2 fully saturated rings. The second-order valence-corrected chi connectivity index (χ2v) is 20.3. The van der Waals surface area contributed by atoms with Crippen LogP contribution in [0.2, 0.25) is 0 Å². The molecule has 0 amide bonds. The molecule has 0 unspecified atom stereocenters. The highest BCUT2D eigenvalue weighted by molar-refractivity contribution is 7.80. The molecule has 17 atom stereocenters. The monoisotopic (exact) mass is 973 g/mol. The third-order valence-electron chi connectivity index (χ3n) is 13.7. The van der Waals surface area contributed by atoms with E-state index in [2.05, 4.69) is 15.5 Å². The number of rotatable bonds is 17. The number of likely N-dealkylation sites (N-methyl/N-ethyl adjacent to an activating group) is 1. The van der Waals surface area contributed by atoms with E-state index < -0.39 is 90.4 Å². The van der Waals surface area contributed by atoms with E-state index in [1.54, 1.807) is 41.7 Å². The van der Waals surface area contributed by atoms with Crippen LogP contribution >= 0.6 is 12.2 Å². The lowest BCUT2D eigenvalue weighted by molar-refractivity contribution is -0.306. The van der Waals surface area contributed by atoms with Gasteiger partial charge in [0.1, 0.15) is 23.9 Å². The molecule has 386 valence electrons. The zero-order valence-corrected chi connectivity index (χ0v) is 43.0. The van der Waals surface area contributed by atoms with Crippen LogP contribution < -0.4 is 20.1 Å². The van der Waals surface area contributed by atoms with E-state index in [0.717, 1.165) is 5.69 Å². The zero-order valence-electron chi connectivity index (χ0n) is 42.2. The first kappa shape index (κ1) is 57.1. The fourth-order valence-corrected chi connectivity index (χ4v) is 9.89. The third kappa shape index (κ3) is 15.5. The number of hydrogen-bond acceptors (Lipinski definition) is 17. The summed E-state index contributed by atoms with van der Waals surface area (Å²) in [6, 6.07) is 4.51. The number of thiocarbonyl (C=S) groups is 1. The lowest BCUT2D eigenvalue weighted by atomic mass is 9.77. The fraction of sp³-hybridized carbons (Fsp3) is 0.833. The van der Waals surface area contributed by atoms with Crippen molar-refractivity contribution in [2.45, 2.75) is 186 Å². The molecule has 7 N–H and O–H groups in total. The minimum atomic E-state index is -1.90. The Morgan fingerprint density at radius 3 is 2.40 bits per heavy atom. The van der Waals surface area contributed by atoms with Crippen LogP contribution in [0.3, 0.4) is 0 Å². The fourth-order valence-electron chi connectivity index (χ4n) is 9.67. The van der Waals surface area contributed by atoms with E-state index >= 15 is 0 Å². The molecular formula is C48H84N4O14S. The van der Waals surface area contributed by atoms with Crippen LogP contribution in [0.15, 0.2) is 18.2 Å². The Balaban J connectivity index is 1.71. The molecule has 1 aromatic carbocycles. The van der Waals surface area contributed by atoms with Gasteiger partial charge in [0.25, 0.3) is 0 Å². The molecule has 0 radical (unpaired) electrons. The molecule has 3 aliphatic rings. The molecule has 0 bridgehead atoms. The van der Waals surface area contributed by atoms with Crippen LogP contribution in [0.4, 0.5) is 5.69 Å². The van der Waals surface area contributed by atoms with Crippen LogP contribution in [-0.2, 0) is 33.2 Å². The van der Waals surface area contributed by atoms with Gasteiger partial charge in [0.15, 0.2) is 29.2 Å². The van der Waals surface area contributed by atoms with Gasteiger partial charge in [-0.1, -0.05) is 20.8 Å². The van der Waals surface area contributed by atoms with Crippen LogP contribution in [0, 0.1) is 17.8 Å². The average Bonchev–Trinajstić information content (AvgIpc) is 3.73. The van der Waals surface area contributed by atoms with Crippen molar-refractivity contribution >= 4 is 29.0 Å². The summed E-state index contributed by atoms with van der Waals surface area (Å²) in [5.74, 6) is -1.54. The van der Waals surface area contributed by atoms with Crippen LogP contribution in [0.1, 0.15) is 101 Å². The molecule has 19 heteroatoms. The van der Waals surface area contributed by atoms with Gasteiger partial charge in [-0.3, -0.25) is 9.69 Å². The number of carbonyl (C=O) groups is 1. The largest absolute Gasteiger partial charge is 0.459 e. The zero-order chi connectivity index (χ0) is 50.0. The summed E-state index contributed by atoms with van der Waals surface area (Å²) in [5, 5.41) is 66.2. The summed E-state index contributed by atoms with van der Waals surface area (Å²) in [6.07, 6.45) is -8.04. The van der Waals surface area contributed by atoms with Crippen molar-refractivity contribution in [3.8, 4) is 11.5 Å². The number of esters is 1. The van der Waals surface area contributed by atoms with Crippen molar-refractivity contribution in [3.05, 3.63) is 18.2 Å². The average molecular weight is 973 g/mol. The predicted octanol–water partition coefficient (Wildman–Crippen LogP) is 3.62. The number of aliphatic hydroxyl groups excluding tert-OH is 3. The number of benzene rings is 1. The van der Waals surface area contributed by atoms with E-state index in [0.29, 0.717) is 49.1 Å². The number of nitrogens with one attached hydrogen (secondary N) is 2. The molecule has 4 rings (SSSR count). The number of fused-ring (bicyclic) bond motifs is 1. The van der Waals surface area contributed by atoms with E-state index in [4.69, 9.17) is 50.1 Å². The standard InChI is InChI=1S/C48H84N4O14S/c1-14-38-48(10,58)42(55)31(6)52(20-15-19-49-46(67)50-34-16-17-36-37(23-34)61-26-60-36)25-27(2)24-47(9,57)43(66-45-40(54)35(51(11)12)22-28(3)62-45)29(4)41(30(5)44(56)64-38)65-39(18-21-59-13)63-33(8)32(7)53/h16-17,23,27-33,35,38-43,45,53-55,57-58H,14-15,18-22,24-26H2,1-13H3,(H2,49,50,67)/t27-,28-,29+,30-,31-,32-,33+,35+,38-,39+,40-,41+,42-,43-,45+,47-,48-/m1/s1. The molecule has 1 aromatic rings. The number of carbonyl (C=O) groups excluding carboxylic acids is 1. The van der Waals surface area contributed by atoms with Gasteiger partial charge in [-0.25, -0.2) is 0 Å². The summed E-state index contributed by atoms with van der Waals surface area (Å²) in [6.45, 7) is 19.1. The van der Waals surface area contributed by atoms with E-state index in [1.165, 1.54) is 6.92 Å². The molecule has 0 aromatic heterocycles. The van der Waals surface area contributed by atoms with Crippen LogP contribution in [0.5, 0.6) is 11.5 Å². The minimum absolute atomic E-state index is 0.164. The Morgan fingerprint density at radius 2 is 1.76 bits per heavy atom. The third-order valence-corrected chi connectivity index (χ3v) is 13.9. The molecule has 67 heavy (non-hydrogen) atoms. The number of cyclic esters (lactones) is 1. The van der Waals surface area contributed by atoms with Gasteiger partial charge in [-0.15, -0.1) is 0 Å². The van der Waals surface area contributed by atoms with Gasteiger partial charge in [-0.2, -0.15) is 0 Å². The van der Waals surface area contributed by atoms with Crippen molar-refractivity contribution < 1.29 is 68.2 Å². The lowest BCUT2D eigenvalue weighted by Gasteiger charge is -2.47. The second-order valence-electron chi connectivity index (χ2n) is 19.9. The van der Waals surface area contributed by atoms with E-state index in [9.17, 15) is 30.3 Å². The van der Waals surface area contributed by atoms with Crippen molar-refractivity contribution in [2.24, 2.45) is 17.8 Å².